The number of nitrogens with zero attached hydrogens (tertiary/aromatic N) is 2. The number of imidazole rings is 1. The van der Waals surface area contributed by atoms with Gasteiger partial charge in [0.15, 0.2) is 0 Å². The van der Waals surface area contributed by atoms with Gasteiger partial charge in [0, 0.05) is 12.2 Å². The molecule has 106 valence electrons. The second kappa shape index (κ2) is 5.23. The topological polar surface area (TPSA) is 58.2 Å². The van der Waals surface area contributed by atoms with Gasteiger partial charge in [-0.3, -0.25) is 4.90 Å². The van der Waals surface area contributed by atoms with E-state index in [-0.39, 0.29) is 18.2 Å². The average molecular weight is 265 g/mol. The van der Waals surface area contributed by atoms with Crippen LogP contribution >= 0.6 is 0 Å². The Morgan fingerprint density at radius 1 is 1.47 bits per heavy atom. The van der Waals surface area contributed by atoms with Gasteiger partial charge in [0.25, 0.3) is 0 Å². The zero-order valence-electron chi connectivity index (χ0n) is 12.4. The molecule has 19 heavy (non-hydrogen) atoms. The third-order valence-corrected chi connectivity index (χ3v) is 3.54. The molecule has 1 saturated heterocycles. The van der Waals surface area contributed by atoms with E-state index in [9.17, 15) is 4.79 Å². The van der Waals surface area contributed by atoms with Gasteiger partial charge < -0.3 is 9.72 Å². The van der Waals surface area contributed by atoms with Crippen molar-refractivity contribution in [2.75, 3.05) is 6.54 Å². The van der Waals surface area contributed by atoms with Crippen molar-refractivity contribution in [1.29, 1.82) is 0 Å². The van der Waals surface area contributed by atoms with Gasteiger partial charge in [0.2, 0.25) is 0 Å². The average Bonchev–Trinajstić information content (AvgIpc) is 2.82. The maximum absolute atomic E-state index is 12.1. The summed E-state index contributed by atoms with van der Waals surface area (Å²) in [5.74, 6) is 1.34. The van der Waals surface area contributed by atoms with E-state index in [2.05, 4.69) is 16.9 Å². The molecule has 0 aromatic carbocycles. The number of aromatic nitrogens is 2. The van der Waals surface area contributed by atoms with Crippen molar-refractivity contribution in [3.63, 3.8) is 0 Å². The van der Waals surface area contributed by atoms with E-state index in [1.54, 1.807) is 4.90 Å². The maximum atomic E-state index is 12.1. The summed E-state index contributed by atoms with van der Waals surface area (Å²) >= 11 is 0. The second-order valence-corrected chi connectivity index (χ2v) is 5.77. The van der Waals surface area contributed by atoms with Gasteiger partial charge >= 0.3 is 6.09 Å². The Hall–Kier alpha value is -1.52. The largest absolute Gasteiger partial charge is 0.447 e. The fraction of sp³-hybridized carbons (Fsp3) is 0.714. The Kier molecular flexibility index (Phi) is 3.83. The molecule has 1 aliphatic heterocycles. The van der Waals surface area contributed by atoms with Crippen molar-refractivity contribution in [3.05, 3.63) is 17.2 Å². The van der Waals surface area contributed by atoms with Crippen LogP contribution in [0.1, 0.15) is 50.4 Å². The van der Waals surface area contributed by atoms with Gasteiger partial charge in [-0.1, -0.05) is 6.92 Å². The van der Waals surface area contributed by atoms with Crippen LogP contribution < -0.4 is 0 Å². The van der Waals surface area contributed by atoms with Crippen molar-refractivity contribution in [1.82, 2.24) is 14.9 Å². The minimum Gasteiger partial charge on any atom is -0.447 e. The van der Waals surface area contributed by atoms with Gasteiger partial charge in [-0.05, 0) is 40.0 Å². The SMILES string of the molecule is Cc1nc(C2CC(C)CN2C(=O)OC(C)C)[nH]c1C. The van der Waals surface area contributed by atoms with E-state index in [0.717, 1.165) is 30.2 Å². The predicted octanol–water partition coefficient (Wildman–Crippen LogP) is 2.95. The molecule has 1 fully saturated rings. The molecule has 0 radical (unpaired) electrons. The minimum atomic E-state index is -0.240. The molecular weight excluding hydrogens is 242 g/mol. The summed E-state index contributed by atoms with van der Waals surface area (Å²) in [6, 6.07) is 0.00801. The molecule has 1 N–H and O–H groups in total. The number of aromatic amines is 1. The molecule has 2 heterocycles. The van der Waals surface area contributed by atoms with Gasteiger partial charge in [0.05, 0.1) is 17.8 Å². The van der Waals surface area contributed by atoms with Crippen molar-refractivity contribution in [2.45, 2.75) is 53.2 Å². The van der Waals surface area contributed by atoms with Crippen LogP contribution in [0.4, 0.5) is 4.79 Å². The standard InChI is InChI=1S/C14H23N3O2/c1-8(2)19-14(18)17-7-9(3)6-12(17)13-15-10(4)11(5)16-13/h8-9,12H,6-7H2,1-5H3,(H,15,16). The molecule has 2 unspecified atom stereocenters. The molecule has 5 nitrogen and oxygen atoms in total. The van der Waals surface area contributed by atoms with E-state index in [1.165, 1.54) is 0 Å². The number of hydrogen-bond acceptors (Lipinski definition) is 3. The first-order valence-electron chi connectivity index (χ1n) is 6.88. The summed E-state index contributed by atoms with van der Waals surface area (Å²) in [6.45, 7) is 10.6. The highest BCUT2D eigenvalue weighted by molar-refractivity contribution is 5.68. The van der Waals surface area contributed by atoms with E-state index in [0.29, 0.717) is 5.92 Å². The molecule has 1 aromatic heterocycles. The van der Waals surface area contributed by atoms with E-state index in [1.807, 2.05) is 27.7 Å². The Balaban J connectivity index is 2.20. The number of H-pyrrole nitrogens is 1. The number of likely N-dealkylation sites (tertiary alicyclic amines) is 1. The van der Waals surface area contributed by atoms with Crippen LogP contribution in [0.5, 0.6) is 0 Å². The molecule has 1 aliphatic rings. The second-order valence-electron chi connectivity index (χ2n) is 5.77. The number of aryl methyl sites for hydroxylation is 2. The Bertz CT molecular complexity index is 448. The summed E-state index contributed by atoms with van der Waals surface area (Å²) in [5, 5.41) is 0. The van der Waals surface area contributed by atoms with Gasteiger partial charge in [-0.25, -0.2) is 9.78 Å². The number of hydrogen-bond donors (Lipinski definition) is 1. The first-order chi connectivity index (χ1) is 8.88. The first-order valence-corrected chi connectivity index (χ1v) is 6.88. The normalized spacial score (nSPS) is 23.2. The molecule has 2 rings (SSSR count). The van der Waals surface area contributed by atoms with Crippen molar-refractivity contribution >= 4 is 6.09 Å². The van der Waals surface area contributed by atoms with Crippen LogP contribution in [-0.2, 0) is 4.74 Å². The molecule has 0 saturated carbocycles. The molecule has 5 heteroatoms. The maximum Gasteiger partial charge on any atom is 0.410 e. The highest BCUT2D eigenvalue weighted by Crippen LogP contribution is 2.34. The van der Waals surface area contributed by atoms with Crippen molar-refractivity contribution < 1.29 is 9.53 Å². The number of rotatable bonds is 2. The number of carbonyl (C=O) groups excluding carboxylic acids is 1. The quantitative estimate of drug-likeness (QED) is 0.894. The highest BCUT2D eigenvalue weighted by atomic mass is 16.6. The zero-order chi connectivity index (χ0) is 14.2. The van der Waals surface area contributed by atoms with Crippen LogP contribution in [-0.4, -0.2) is 33.6 Å². The highest BCUT2D eigenvalue weighted by Gasteiger charge is 2.37. The molecule has 1 amide bonds. The number of carbonyl (C=O) groups is 1. The van der Waals surface area contributed by atoms with Crippen LogP contribution in [0.2, 0.25) is 0 Å². The first kappa shape index (κ1) is 13.9. The summed E-state index contributed by atoms with van der Waals surface area (Å²) in [7, 11) is 0. The number of ether oxygens (including phenoxy) is 1. The fourth-order valence-corrected chi connectivity index (χ4v) is 2.51. The van der Waals surface area contributed by atoms with Crippen LogP contribution in [0, 0.1) is 19.8 Å². The van der Waals surface area contributed by atoms with Crippen molar-refractivity contribution in [3.8, 4) is 0 Å². The predicted molar refractivity (Wildman–Crippen MR) is 72.9 cm³/mol. The number of nitrogens with one attached hydrogen (secondary N) is 1. The molecule has 1 aromatic rings. The zero-order valence-corrected chi connectivity index (χ0v) is 12.4. The van der Waals surface area contributed by atoms with Gasteiger partial charge in [-0.2, -0.15) is 0 Å². The monoisotopic (exact) mass is 265 g/mol. The lowest BCUT2D eigenvalue weighted by Gasteiger charge is -2.23. The molecular formula is C14H23N3O2. The van der Waals surface area contributed by atoms with Crippen LogP contribution in [0.3, 0.4) is 0 Å². The van der Waals surface area contributed by atoms with Gasteiger partial charge in [-0.15, -0.1) is 0 Å². The van der Waals surface area contributed by atoms with Crippen LogP contribution in [0.25, 0.3) is 0 Å². The third-order valence-electron chi connectivity index (χ3n) is 3.54. The van der Waals surface area contributed by atoms with Gasteiger partial charge in [0.1, 0.15) is 5.82 Å². The molecule has 2 atom stereocenters. The van der Waals surface area contributed by atoms with Crippen LogP contribution in [0.15, 0.2) is 0 Å². The Morgan fingerprint density at radius 2 is 2.16 bits per heavy atom. The van der Waals surface area contributed by atoms with E-state index >= 15 is 0 Å². The minimum absolute atomic E-state index is 0.00801. The third kappa shape index (κ3) is 2.91. The number of amides is 1. The summed E-state index contributed by atoms with van der Waals surface area (Å²) in [5.41, 5.74) is 2.05. The lowest BCUT2D eigenvalue weighted by Crippen LogP contribution is -2.33. The Labute approximate surface area is 114 Å². The smallest absolute Gasteiger partial charge is 0.410 e. The van der Waals surface area contributed by atoms with Crippen molar-refractivity contribution in [2.24, 2.45) is 5.92 Å². The summed E-state index contributed by atoms with van der Waals surface area (Å²) in [6.07, 6.45) is 0.597. The van der Waals surface area contributed by atoms with E-state index < -0.39 is 0 Å². The lowest BCUT2D eigenvalue weighted by atomic mass is 10.1. The summed E-state index contributed by atoms with van der Waals surface area (Å²) < 4.78 is 5.32. The molecule has 0 bridgehead atoms. The fourth-order valence-electron chi connectivity index (χ4n) is 2.51. The van der Waals surface area contributed by atoms with E-state index in [4.69, 9.17) is 4.74 Å². The molecule has 0 spiro atoms. The summed E-state index contributed by atoms with van der Waals surface area (Å²) in [4.78, 5) is 21.8. The lowest BCUT2D eigenvalue weighted by molar-refractivity contribution is 0.0716. The molecule has 0 aliphatic carbocycles. The Morgan fingerprint density at radius 3 is 2.68 bits per heavy atom.